The minimum Gasteiger partial charge on any atom is -0.458 e. The van der Waals surface area contributed by atoms with Crippen molar-refractivity contribution in [3.63, 3.8) is 0 Å². The Morgan fingerprint density at radius 2 is 0.603 bits per heavy atom. The molecule has 0 unspecified atom stereocenters. The molecule has 10 heteroatoms. The third kappa shape index (κ3) is 45.3. The van der Waals surface area contributed by atoms with Crippen LogP contribution in [0.3, 0.4) is 0 Å². The van der Waals surface area contributed by atoms with Gasteiger partial charge in [-0.05, 0) is 131 Å². The number of allylic oxidation sites excluding steroid dienone is 24. The lowest BCUT2D eigenvalue weighted by atomic mass is 10.2. The van der Waals surface area contributed by atoms with Crippen LogP contribution in [0.1, 0.15) is 158 Å². The smallest absolute Gasteiger partial charge is 0.330 e. The number of hydrogen-bond donors (Lipinski definition) is 2. The predicted molar refractivity (Wildman–Crippen MR) is 295 cm³/mol. The number of esters is 2. The normalized spacial score (nSPS) is 14.2. The molecule has 0 saturated carbocycles. The Hall–Kier alpha value is -4.54. The van der Waals surface area contributed by atoms with Crippen LogP contribution >= 0.6 is 21.6 Å². The van der Waals surface area contributed by atoms with Gasteiger partial charge in [0.2, 0.25) is 11.8 Å². The Labute approximate surface area is 421 Å². The molecule has 68 heavy (non-hydrogen) atoms. The summed E-state index contributed by atoms with van der Waals surface area (Å²) in [6.07, 6.45) is 64.2. The second-order valence-electron chi connectivity index (χ2n) is 17.8. The van der Waals surface area contributed by atoms with Crippen molar-refractivity contribution in [2.24, 2.45) is 0 Å². The lowest BCUT2D eigenvalue weighted by Crippen LogP contribution is -2.46. The van der Waals surface area contributed by atoms with E-state index >= 15 is 0 Å². The first-order chi connectivity index (χ1) is 32.7. The Morgan fingerprint density at radius 1 is 0.382 bits per heavy atom. The van der Waals surface area contributed by atoms with Gasteiger partial charge < -0.3 is 20.1 Å². The maximum atomic E-state index is 13.1. The molecular formula is C58H88N2O6S2. The average Bonchev–Trinajstić information content (AvgIpc) is 3.27. The van der Waals surface area contributed by atoms with Crippen LogP contribution in [0.5, 0.6) is 0 Å². The molecule has 0 heterocycles. The van der Waals surface area contributed by atoms with E-state index < -0.39 is 35.2 Å². The molecule has 0 aliphatic carbocycles. The zero-order valence-electron chi connectivity index (χ0n) is 43.0. The molecule has 378 valence electrons. The third-order valence-electron chi connectivity index (χ3n) is 8.87. The number of amides is 2. The maximum Gasteiger partial charge on any atom is 0.330 e. The van der Waals surface area contributed by atoms with E-state index in [1.54, 1.807) is 41.5 Å². The molecule has 0 saturated heterocycles. The molecular weight excluding hydrogens is 885 g/mol. The van der Waals surface area contributed by atoms with Crippen LogP contribution in [0, 0.1) is 0 Å². The summed E-state index contributed by atoms with van der Waals surface area (Å²) in [5.74, 6) is -1.14. The van der Waals surface area contributed by atoms with Gasteiger partial charge in [-0.2, -0.15) is 0 Å². The summed E-state index contributed by atoms with van der Waals surface area (Å²) in [6.45, 7) is 15.0. The highest BCUT2D eigenvalue weighted by Crippen LogP contribution is 2.25. The maximum absolute atomic E-state index is 13.1. The summed E-state index contributed by atoms with van der Waals surface area (Å²) in [7, 11) is 2.64. The van der Waals surface area contributed by atoms with Gasteiger partial charge in [0.05, 0.1) is 0 Å². The van der Waals surface area contributed by atoms with E-state index in [1.165, 1.54) is 21.6 Å². The summed E-state index contributed by atoms with van der Waals surface area (Å²) in [5, 5.41) is 5.69. The van der Waals surface area contributed by atoms with Crippen LogP contribution in [0.15, 0.2) is 146 Å². The van der Waals surface area contributed by atoms with Gasteiger partial charge in [0.15, 0.2) is 0 Å². The second kappa shape index (κ2) is 43.7. The van der Waals surface area contributed by atoms with Crippen molar-refractivity contribution in [3.05, 3.63) is 146 Å². The topological polar surface area (TPSA) is 111 Å². The molecule has 0 spiro atoms. The molecule has 8 nitrogen and oxygen atoms in total. The van der Waals surface area contributed by atoms with Crippen LogP contribution in [0.25, 0.3) is 0 Å². The van der Waals surface area contributed by atoms with Gasteiger partial charge in [0.25, 0.3) is 0 Å². The fourth-order valence-corrected chi connectivity index (χ4v) is 7.85. The molecule has 0 radical (unpaired) electrons. The van der Waals surface area contributed by atoms with Gasteiger partial charge >= 0.3 is 11.9 Å². The van der Waals surface area contributed by atoms with Crippen molar-refractivity contribution in [2.75, 3.05) is 11.5 Å². The van der Waals surface area contributed by atoms with Gasteiger partial charge in [-0.25, -0.2) is 9.59 Å². The van der Waals surface area contributed by atoms with Gasteiger partial charge in [0.1, 0.15) is 23.3 Å². The van der Waals surface area contributed by atoms with Crippen molar-refractivity contribution < 1.29 is 28.7 Å². The zero-order chi connectivity index (χ0) is 50.4. The summed E-state index contributed by atoms with van der Waals surface area (Å²) < 4.78 is 11.3. The van der Waals surface area contributed by atoms with Gasteiger partial charge in [-0.15, -0.1) is 0 Å². The van der Waals surface area contributed by atoms with Gasteiger partial charge in [0, 0.05) is 24.3 Å². The zero-order valence-corrected chi connectivity index (χ0v) is 44.6. The number of nitrogens with one attached hydrogen (secondary N) is 2. The largest absolute Gasteiger partial charge is 0.458 e. The number of rotatable bonds is 37. The lowest BCUT2D eigenvalue weighted by molar-refractivity contribution is -0.158. The van der Waals surface area contributed by atoms with Crippen LogP contribution in [0.2, 0.25) is 0 Å². The van der Waals surface area contributed by atoms with E-state index in [0.717, 1.165) is 77.0 Å². The molecule has 0 aromatic carbocycles. The summed E-state index contributed by atoms with van der Waals surface area (Å²) in [5.41, 5.74) is -1.47. The van der Waals surface area contributed by atoms with Crippen molar-refractivity contribution in [3.8, 4) is 0 Å². The molecule has 0 aromatic rings. The highest BCUT2D eigenvalue weighted by atomic mass is 33.1. The Bertz CT molecular complexity index is 1600. The summed E-state index contributed by atoms with van der Waals surface area (Å²) >= 11 is 0. The molecule has 0 aliphatic heterocycles. The van der Waals surface area contributed by atoms with Crippen LogP contribution in [-0.2, 0) is 28.7 Å². The predicted octanol–water partition coefficient (Wildman–Crippen LogP) is 15.0. The van der Waals surface area contributed by atoms with Crippen molar-refractivity contribution in [2.45, 2.75) is 181 Å². The standard InChI is InChI=1S/C58H88N2O6S2/c1-9-11-13-15-17-19-21-23-25-27-29-31-33-35-37-39-41-43-45-47-53(61)59-51(55(63)65-57(3,4)5)49-67-68-50-52(56(64)66-58(6,7)8)60-54(62)48-46-44-42-40-38-36-34-32-30-28-26-24-22-20-18-16-14-12-10-2/h11-14,17-20,23-26,29-32,35-38,41-44,51-52H,9-10,15-16,21-22,27-28,33-34,39-40,45-50H2,1-8H3,(H,59,61)(H,60,62)/b13-11-,14-12-,19-17-,20-18-,25-23-,26-24-,31-29-,32-30-,37-35-,38-36-,43-41-,44-42-/t51-,52-/m0/s1. The molecule has 0 aromatic heterocycles. The molecule has 0 rings (SSSR count). The van der Waals surface area contributed by atoms with Crippen molar-refractivity contribution in [1.29, 1.82) is 0 Å². The van der Waals surface area contributed by atoms with Crippen molar-refractivity contribution >= 4 is 45.3 Å². The SMILES string of the molecule is CC/C=C\C/C=C\C/C=C\C/C=C\C/C=C\C/C=C\CCC(=O)N[C@@H](CSSC[C@H](NC(=O)CC/C=C\C/C=C\C/C=C\C/C=C\C/C=C\C/C=C\CC)C(=O)OC(C)(C)C)C(=O)OC(C)(C)C. The number of ether oxygens (including phenoxy) is 2. The first-order valence-electron chi connectivity index (χ1n) is 24.8. The first kappa shape index (κ1) is 63.5. The molecule has 0 fully saturated rings. The number of carbonyl (C=O) groups excluding carboxylic acids is 4. The second-order valence-corrected chi connectivity index (χ2v) is 20.3. The summed E-state index contributed by atoms with van der Waals surface area (Å²) in [4.78, 5) is 52.2. The average molecular weight is 973 g/mol. The first-order valence-corrected chi connectivity index (χ1v) is 27.3. The fraction of sp³-hybridized carbons (Fsp3) is 0.517. The fourth-order valence-electron chi connectivity index (χ4n) is 5.56. The number of hydrogen-bond acceptors (Lipinski definition) is 8. The minimum atomic E-state index is -0.888. The van der Waals surface area contributed by atoms with Gasteiger partial charge in [-0.1, -0.05) is 181 Å². The van der Waals surface area contributed by atoms with Crippen LogP contribution in [-0.4, -0.2) is 58.5 Å². The highest BCUT2D eigenvalue weighted by molar-refractivity contribution is 8.76. The quantitative estimate of drug-likeness (QED) is 0.0274. The molecule has 0 aliphatic rings. The highest BCUT2D eigenvalue weighted by Gasteiger charge is 2.29. The molecule has 0 bridgehead atoms. The molecule has 2 amide bonds. The molecule has 2 N–H and O–H groups in total. The van der Waals surface area contributed by atoms with Crippen LogP contribution < -0.4 is 10.6 Å². The van der Waals surface area contributed by atoms with E-state index in [4.69, 9.17) is 9.47 Å². The van der Waals surface area contributed by atoms with E-state index in [9.17, 15) is 19.2 Å². The number of carbonyl (C=O) groups is 4. The Kier molecular flexibility index (Phi) is 40.8. The van der Waals surface area contributed by atoms with E-state index in [0.29, 0.717) is 12.8 Å². The van der Waals surface area contributed by atoms with E-state index in [-0.39, 0.29) is 36.2 Å². The molecule has 2 atom stereocenters. The Balaban J connectivity index is 4.85. The van der Waals surface area contributed by atoms with Crippen molar-refractivity contribution in [1.82, 2.24) is 10.6 Å². The lowest BCUT2D eigenvalue weighted by Gasteiger charge is -2.25. The minimum absolute atomic E-state index is 0.211. The van der Waals surface area contributed by atoms with E-state index in [1.807, 2.05) is 24.3 Å². The van der Waals surface area contributed by atoms with E-state index in [2.05, 4.69) is 146 Å². The summed E-state index contributed by atoms with van der Waals surface area (Å²) in [6, 6.07) is -1.78. The van der Waals surface area contributed by atoms with Crippen LogP contribution in [0.4, 0.5) is 0 Å². The van der Waals surface area contributed by atoms with Gasteiger partial charge in [-0.3, -0.25) is 9.59 Å². The Morgan fingerprint density at radius 3 is 0.824 bits per heavy atom. The monoisotopic (exact) mass is 973 g/mol. The third-order valence-corrected chi connectivity index (χ3v) is 11.3.